The Kier molecular flexibility index (Phi) is 15.6. The molecule has 0 radical (unpaired) electrons. The molecule has 0 aliphatic carbocycles. The number of carboxylic acid groups (broad SMARTS) is 2. The molecule has 0 fully saturated rings. The first kappa shape index (κ1) is 48.5. The number of benzene rings is 4. The molecule has 0 aliphatic rings. The van der Waals surface area contributed by atoms with E-state index in [0.29, 0.717) is 28.4 Å². The zero-order valence-corrected chi connectivity index (χ0v) is 35.6. The van der Waals surface area contributed by atoms with Crippen LogP contribution in [-0.2, 0) is 39.6 Å². The number of halogens is 9. The largest absolute Gasteiger partial charge is 0.482 e. The Morgan fingerprint density at radius 3 is 1.60 bits per heavy atom. The molecule has 0 spiro atoms. The van der Waals surface area contributed by atoms with Crippen LogP contribution in [-0.4, -0.2) is 35.4 Å². The number of aliphatic carboxylic acids is 2. The van der Waals surface area contributed by atoms with E-state index in [-0.39, 0.29) is 17.3 Å². The molecule has 63 heavy (non-hydrogen) atoms. The van der Waals surface area contributed by atoms with Crippen LogP contribution in [0, 0.1) is 20.8 Å². The molecular weight excluding hydrogens is 908 g/mol. The number of thiophene rings is 1. The van der Waals surface area contributed by atoms with Crippen molar-refractivity contribution in [3.8, 4) is 33.3 Å². The van der Waals surface area contributed by atoms with Crippen molar-refractivity contribution in [1.82, 2.24) is 0 Å². The molecule has 0 aliphatic heterocycles. The molecule has 2 heterocycles. The Balaban J connectivity index is 0.000000239. The quantitative estimate of drug-likeness (QED) is 0.0815. The van der Waals surface area contributed by atoms with Gasteiger partial charge in [-0.25, -0.2) is 9.59 Å². The second-order valence-corrected chi connectivity index (χ2v) is 16.9. The van der Waals surface area contributed by atoms with Crippen molar-refractivity contribution in [3.05, 3.63) is 141 Å². The highest BCUT2D eigenvalue weighted by atomic mass is 32.2. The van der Waals surface area contributed by atoms with E-state index in [2.05, 4.69) is 0 Å². The number of carbonyl (C=O) groups is 2. The molecule has 6 rings (SSSR count). The van der Waals surface area contributed by atoms with Crippen LogP contribution in [0.15, 0.2) is 111 Å². The summed E-state index contributed by atoms with van der Waals surface area (Å²) < 4.78 is 132. The summed E-state index contributed by atoms with van der Waals surface area (Å²) in [6.07, 6.45) is -13.5. The highest BCUT2D eigenvalue weighted by Crippen LogP contribution is 2.41. The third-order valence-electron chi connectivity index (χ3n) is 8.93. The van der Waals surface area contributed by atoms with E-state index in [1.807, 2.05) is 32.0 Å². The van der Waals surface area contributed by atoms with Crippen LogP contribution in [0.2, 0.25) is 0 Å². The average molecular weight is 943 g/mol. The fourth-order valence-corrected chi connectivity index (χ4v) is 8.84. The summed E-state index contributed by atoms with van der Waals surface area (Å²) in [5.41, 5.74) is 1.31. The van der Waals surface area contributed by atoms with E-state index in [1.54, 1.807) is 42.2 Å². The number of thioether (sulfide) groups is 2. The number of furan rings is 1. The Bertz CT molecular complexity index is 2530. The zero-order chi connectivity index (χ0) is 46.3. The maximum Gasteiger partial charge on any atom is 0.420 e. The van der Waals surface area contributed by atoms with Gasteiger partial charge in [0.05, 0.1) is 16.7 Å². The molecule has 0 atom stereocenters. The van der Waals surface area contributed by atoms with Crippen LogP contribution in [0.1, 0.15) is 44.0 Å². The van der Waals surface area contributed by atoms with Gasteiger partial charge in [0.25, 0.3) is 0 Å². The topological polar surface area (TPSA) is 106 Å². The molecule has 2 N–H and O–H groups in total. The van der Waals surface area contributed by atoms with Gasteiger partial charge in [-0.15, -0.1) is 34.9 Å². The number of hydrogen-bond donors (Lipinski definition) is 2. The van der Waals surface area contributed by atoms with Crippen LogP contribution in [0.25, 0.3) is 21.8 Å². The van der Waals surface area contributed by atoms with Crippen molar-refractivity contribution in [2.75, 3.05) is 13.2 Å². The van der Waals surface area contributed by atoms with Gasteiger partial charge >= 0.3 is 30.5 Å². The molecule has 0 bridgehead atoms. The second kappa shape index (κ2) is 20.3. The number of alkyl halides is 9. The average Bonchev–Trinajstić information content (AvgIpc) is 3.78. The molecule has 2 aromatic heterocycles. The fraction of sp³-hybridized carbons (Fsp3) is 0.227. The van der Waals surface area contributed by atoms with Gasteiger partial charge in [0.15, 0.2) is 13.2 Å². The second-order valence-electron chi connectivity index (χ2n) is 13.6. The smallest absolute Gasteiger partial charge is 0.420 e. The van der Waals surface area contributed by atoms with E-state index in [4.69, 9.17) is 24.1 Å². The first-order chi connectivity index (χ1) is 29.5. The summed E-state index contributed by atoms with van der Waals surface area (Å²) in [6.45, 7) is 4.22. The maximum atomic E-state index is 13.4. The van der Waals surface area contributed by atoms with Crippen LogP contribution in [0.3, 0.4) is 0 Å². The summed E-state index contributed by atoms with van der Waals surface area (Å²) in [5.74, 6) is -0.692. The zero-order valence-electron chi connectivity index (χ0n) is 33.1. The highest BCUT2D eigenvalue weighted by Gasteiger charge is 2.35. The van der Waals surface area contributed by atoms with Crippen molar-refractivity contribution in [1.29, 1.82) is 0 Å². The molecule has 0 amide bonds. The maximum absolute atomic E-state index is 13.4. The Morgan fingerprint density at radius 1 is 0.603 bits per heavy atom. The number of hydrogen-bond acceptors (Lipinski definition) is 8. The number of aryl methyl sites for hydroxylation is 3. The highest BCUT2D eigenvalue weighted by molar-refractivity contribution is 7.98. The summed E-state index contributed by atoms with van der Waals surface area (Å²) >= 11 is 4.28. The third-order valence-corrected chi connectivity index (χ3v) is 12.2. The monoisotopic (exact) mass is 942 g/mol. The number of carboxylic acids is 2. The lowest BCUT2D eigenvalue weighted by Crippen LogP contribution is -2.14. The van der Waals surface area contributed by atoms with Gasteiger partial charge in [-0.2, -0.15) is 39.5 Å². The first-order valence-electron chi connectivity index (χ1n) is 18.3. The molecule has 334 valence electrons. The standard InChI is InChI=1S/C22H16F6O4S.C22H19F3O3S2/c1-12-14(8-19(32-12)13-2-4-15(5-3-13)21(23,24)25)11-33-16-6-7-18(31-10-20(29)30)17(9-16)22(26,27)28;1-13-9-18(7-8-19(13)28-11-21(26)27)29-12-16-10-20(30-14(16)2)15-3-5-17(6-4-15)22(23,24)25/h2-9H,10-11H2,1H3,(H,29,30);3-10H,11-12H2,1-2H3,(H,26,27). The molecule has 19 heteroatoms. The van der Waals surface area contributed by atoms with Crippen LogP contribution in [0.5, 0.6) is 11.5 Å². The lowest BCUT2D eigenvalue weighted by molar-refractivity contribution is -0.143. The minimum atomic E-state index is -4.74. The minimum Gasteiger partial charge on any atom is -0.482 e. The van der Waals surface area contributed by atoms with E-state index in [9.17, 15) is 49.1 Å². The van der Waals surface area contributed by atoms with Crippen LogP contribution in [0.4, 0.5) is 39.5 Å². The van der Waals surface area contributed by atoms with Gasteiger partial charge in [-0.1, -0.05) is 24.3 Å². The van der Waals surface area contributed by atoms with E-state index in [1.165, 1.54) is 30.3 Å². The van der Waals surface area contributed by atoms with Gasteiger partial charge in [0, 0.05) is 42.2 Å². The van der Waals surface area contributed by atoms with Crippen molar-refractivity contribution in [2.45, 2.75) is 60.6 Å². The Labute approximate surface area is 366 Å². The van der Waals surface area contributed by atoms with Crippen molar-refractivity contribution in [3.63, 3.8) is 0 Å². The summed E-state index contributed by atoms with van der Waals surface area (Å²) in [6, 6.07) is 22.2. The minimum absolute atomic E-state index is 0.239. The molecule has 7 nitrogen and oxygen atoms in total. The van der Waals surface area contributed by atoms with Crippen molar-refractivity contribution in [2.24, 2.45) is 0 Å². The van der Waals surface area contributed by atoms with E-state index in [0.717, 1.165) is 85.3 Å². The van der Waals surface area contributed by atoms with Gasteiger partial charge < -0.3 is 24.1 Å². The van der Waals surface area contributed by atoms with Gasteiger partial charge in [-0.05, 0) is 110 Å². The first-order valence-corrected chi connectivity index (χ1v) is 21.1. The normalized spacial score (nSPS) is 11.8. The molecule has 4 aromatic carbocycles. The predicted molar refractivity (Wildman–Crippen MR) is 221 cm³/mol. The molecular formula is C44H35F9O7S3. The Hall–Kier alpha value is -5.53. The Morgan fingerprint density at radius 2 is 1.10 bits per heavy atom. The third kappa shape index (κ3) is 13.7. The molecule has 0 unspecified atom stereocenters. The van der Waals surface area contributed by atoms with E-state index >= 15 is 0 Å². The lowest BCUT2D eigenvalue weighted by Gasteiger charge is -2.14. The predicted octanol–water partition coefficient (Wildman–Crippen LogP) is 13.9. The number of rotatable bonds is 14. The van der Waals surface area contributed by atoms with Crippen molar-refractivity contribution >= 4 is 46.8 Å². The molecule has 0 saturated carbocycles. The summed E-state index contributed by atoms with van der Waals surface area (Å²) in [5, 5.41) is 17.3. The van der Waals surface area contributed by atoms with Gasteiger partial charge in [0.1, 0.15) is 23.0 Å². The van der Waals surface area contributed by atoms with Crippen molar-refractivity contribution < 1.29 is 73.2 Å². The SMILES string of the molecule is Cc1cc(SCc2cc(-c3ccc(C(F)(F)F)cc3)sc2C)ccc1OCC(=O)O.Cc1oc(-c2ccc(C(F)(F)F)cc2)cc1CSc1ccc(OCC(=O)O)c(C(F)(F)F)c1. The fourth-order valence-electron chi connectivity index (χ4n) is 5.68. The molecule has 0 saturated heterocycles. The van der Waals surface area contributed by atoms with Gasteiger partial charge in [-0.3, -0.25) is 0 Å². The molecule has 6 aromatic rings. The number of ether oxygens (including phenoxy) is 2. The van der Waals surface area contributed by atoms with Crippen LogP contribution < -0.4 is 9.47 Å². The summed E-state index contributed by atoms with van der Waals surface area (Å²) in [7, 11) is 0. The lowest BCUT2D eigenvalue weighted by atomic mass is 10.1. The van der Waals surface area contributed by atoms with Gasteiger partial charge in [0.2, 0.25) is 0 Å². The van der Waals surface area contributed by atoms with Crippen LogP contribution >= 0.6 is 34.9 Å². The summed E-state index contributed by atoms with van der Waals surface area (Å²) in [4.78, 5) is 24.6. The van der Waals surface area contributed by atoms with E-state index < -0.39 is 59.5 Å².